The fourth-order valence-electron chi connectivity index (χ4n) is 2.09. The van der Waals surface area contributed by atoms with Crippen molar-refractivity contribution in [1.82, 2.24) is 19.5 Å². The summed E-state index contributed by atoms with van der Waals surface area (Å²) in [7, 11) is 0. The average molecular weight is 216 g/mol. The first-order chi connectivity index (χ1) is 7.86. The first-order valence-electron chi connectivity index (χ1n) is 5.43. The standard InChI is InChI=1S/C11H12N4O/c16-11(14-4-1-2-5-14)9-7-13-15-6-3-12-8-10(9)15/h3,6-8H,1-2,4-5H2. The SMILES string of the molecule is O=C(c1cnn2ccncc12)N1CCCC1. The molecule has 16 heavy (non-hydrogen) atoms. The molecule has 2 aromatic rings. The first kappa shape index (κ1) is 9.33. The van der Waals surface area contributed by atoms with E-state index in [1.807, 2.05) is 4.90 Å². The summed E-state index contributed by atoms with van der Waals surface area (Å²) in [5, 5.41) is 4.14. The van der Waals surface area contributed by atoms with E-state index < -0.39 is 0 Å². The van der Waals surface area contributed by atoms with Crippen LogP contribution in [-0.2, 0) is 0 Å². The van der Waals surface area contributed by atoms with E-state index >= 15 is 0 Å². The molecule has 5 heteroatoms. The Morgan fingerprint density at radius 1 is 1.25 bits per heavy atom. The number of carbonyl (C=O) groups excluding carboxylic acids is 1. The maximum Gasteiger partial charge on any atom is 0.257 e. The molecule has 0 radical (unpaired) electrons. The minimum Gasteiger partial charge on any atom is -0.339 e. The summed E-state index contributed by atoms with van der Waals surface area (Å²) in [6.45, 7) is 1.72. The van der Waals surface area contributed by atoms with Gasteiger partial charge in [-0.15, -0.1) is 0 Å². The third-order valence-electron chi connectivity index (χ3n) is 2.95. The third kappa shape index (κ3) is 1.36. The van der Waals surface area contributed by atoms with E-state index in [-0.39, 0.29) is 5.91 Å². The number of aromatic nitrogens is 3. The van der Waals surface area contributed by atoms with Gasteiger partial charge < -0.3 is 4.90 Å². The van der Waals surface area contributed by atoms with Gasteiger partial charge in [0.25, 0.3) is 5.91 Å². The molecule has 0 aromatic carbocycles. The zero-order chi connectivity index (χ0) is 11.0. The molecule has 1 aliphatic rings. The van der Waals surface area contributed by atoms with Gasteiger partial charge in [-0.1, -0.05) is 0 Å². The highest BCUT2D eigenvalue weighted by molar-refractivity contribution is 6.00. The van der Waals surface area contributed by atoms with Gasteiger partial charge in [-0.3, -0.25) is 9.78 Å². The predicted molar refractivity (Wildman–Crippen MR) is 58.1 cm³/mol. The van der Waals surface area contributed by atoms with Crippen LogP contribution < -0.4 is 0 Å². The van der Waals surface area contributed by atoms with Crippen LogP contribution in [0.25, 0.3) is 5.52 Å². The van der Waals surface area contributed by atoms with Gasteiger partial charge in [-0.25, -0.2) is 4.52 Å². The second-order valence-electron chi connectivity index (χ2n) is 3.96. The Morgan fingerprint density at radius 2 is 2.06 bits per heavy atom. The lowest BCUT2D eigenvalue weighted by Crippen LogP contribution is -2.27. The van der Waals surface area contributed by atoms with E-state index in [1.165, 1.54) is 0 Å². The molecule has 0 saturated carbocycles. The van der Waals surface area contributed by atoms with Crippen LogP contribution in [0, 0.1) is 0 Å². The fraction of sp³-hybridized carbons (Fsp3) is 0.364. The van der Waals surface area contributed by atoms with E-state index in [0.29, 0.717) is 5.56 Å². The monoisotopic (exact) mass is 216 g/mol. The molecule has 1 amide bonds. The van der Waals surface area contributed by atoms with Gasteiger partial charge in [0.2, 0.25) is 0 Å². The van der Waals surface area contributed by atoms with Crippen molar-refractivity contribution in [2.75, 3.05) is 13.1 Å². The van der Waals surface area contributed by atoms with Gasteiger partial charge in [0.1, 0.15) is 0 Å². The van der Waals surface area contributed by atoms with Crippen molar-refractivity contribution in [2.45, 2.75) is 12.8 Å². The third-order valence-corrected chi connectivity index (χ3v) is 2.95. The largest absolute Gasteiger partial charge is 0.339 e. The minimum absolute atomic E-state index is 0.0699. The topological polar surface area (TPSA) is 50.5 Å². The Hall–Kier alpha value is -1.91. The van der Waals surface area contributed by atoms with Crippen LogP contribution in [0.5, 0.6) is 0 Å². The minimum atomic E-state index is 0.0699. The Labute approximate surface area is 92.7 Å². The van der Waals surface area contributed by atoms with Crippen molar-refractivity contribution >= 4 is 11.4 Å². The highest BCUT2D eigenvalue weighted by Gasteiger charge is 2.22. The van der Waals surface area contributed by atoms with E-state index in [9.17, 15) is 4.79 Å². The summed E-state index contributed by atoms with van der Waals surface area (Å²) < 4.78 is 1.68. The second-order valence-corrected chi connectivity index (χ2v) is 3.96. The predicted octanol–water partition coefficient (Wildman–Crippen LogP) is 0.965. The molecule has 0 atom stereocenters. The zero-order valence-corrected chi connectivity index (χ0v) is 8.83. The summed E-state index contributed by atoms with van der Waals surface area (Å²) in [6, 6.07) is 0. The van der Waals surface area contributed by atoms with Gasteiger partial charge in [-0.2, -0.15) is 5.10 Å². The number of carbonyl (C=O) groups is 1. The molecule has 3 rings (SSSR count). The molecule has 5 nitrogen and oxygen atoms in total. The number of likely N-dealkylation sites (tertiary alicyclic amines) is 1. The molecule has 82 valence electrons. The highest BCUT2D eigenvalue weighted by atomic mass is 16.2. The molecule has 1 fully saturated rings. The van der Waals surface area contributed by atoms with Crippen LogP contribution in [0.2, 0.25) is 0 Å². The van der Waals surface area contributed by atoms with Crippen LogP contribution in [0.4, 0.5) is 0 Å². The van der Waals surface area contributed by atoms with Gasteiger partial charge in [0, 0.05) is 25.5 Å². The summed E-state index contributed by atoms with van der Waals surface area (Å²) in [5.41, 5.74) is 1.43. The Bertz CT molecular complexity index is 528. The van der Waals surface area contributed by atoms with Crippen molar-refractivity contribution in [2.24, 2.45) is 0 Å². The summed E-state index contributed by atoms with van der Waals surface area (Å²) >= 11 is 0. The molecule has 0 spiro atoms. The van der Waals surface area contributed by atoms with Crippen molar-refractivity contribution < 1.29 is 4.79 Å². The lowest BCUT2D eigenvalue weighted by molar-refractivity contribution is 0.0794. The van der Waals surface area contributed by atoms with Gasteiger partial charge in [-0.05, 0) is 12.8 Å². The lowest BCUT2D eigenvalue weighted by Gasteiger charge is -2.13. The first-order valence-corrected chi connectivity index (χ1v) is 5.43. The maximum atomic E-state index is 12.2. The summed E-state index contributed by atoms with van der Waals surface area (Å²) in [6.07, 6.45) is 8.90. The molecule has 1 aliphatic heterocycles. The number of fused-ring (bicyclic) bond motifs is 1. The Kier molecular flexibility index (Phi) is 2.09. The van der Waals surface area contributed by atoms with Crippen molar-refractivity contribution in [3.8, 4) is 0 Å². The molecule has 1 saturated heterocycles. The summed E-state index contributed by atoms with van der Waals surface area (Å²) in [4.78, 5) is 18.1. The van der Waals surface area contributed by atoms with Crippen molar-refractivity contribution in [1.29, 1.82) is 0 Å². The Balaban J connectivity index is 2.02. The van der Waals surface area contributed by atoms with E-state index in [1.54, 1.807) is 29.3 Å². The van der Waals surface area contributed by atoms with Crippen LogP contribution in [-0.4, -0.2) is 38.5 Å². The van der Waals surface area contributed by atoms with E-state index in [2.05, 4.69) is 10.1 Å². The highest BCUT2D eigenvalue weighted by Crippen LogP contribution is 2.16. The molecule has 0 aliphatic carbocycles. The number of hydrogen-bond donors (Lipinski definition) is 0. The molecule has 3 heterocycles. The van der Waals surface area contributed by atoms with Crippen molar-refractivity contribution in [3.05, 3.63) is 30.4 Å². The van der Waals surface area contributed by atoms with Crippen molar-refractivity contribution in [3.63, 3.8) is 0 Å². The van der Waals surface area contributed by atoms with E-state index in [4.69, 9.17) is 0 Å². The maximum absolute atomic E-state index is 12.2. The fourth-order valence-corrected chi connectivity index (χ4v) is 2.09. The normalized spacial score (nSPS) is 15.9. The van der Waals surface area contributed by atoms with Gasteiger partial charge in [0.05, 0.1) is 23.5 Å². The van der Waals surface area contributed by atoms with Crippen LogP contribution in [0.1, 0.15) is 23.2 Å². The number of nitrogens with zero attached hydrogens (tertiary/aromatic N) is 4. The van der Waals surface area contributed by atoms with Crippen LogP contribution in [0.15, 0.2) is 24.8 Å². The summed E-state index contributed by atoms with van der Waals surface area (Å²) in [5.74, 6) is 0.0699. The molecular formula is C11H12N4O. The molecule has 2 aromatic heterocycles. The zero-order valence-electron chi connectivity index (χ0n) is 8.83. The smallest absolute Gasteiger partial charge is 0.257 e. The van der Waals surface area contributed by atoms with Crippen LogP contribution >= 0.6 is 0 Å². The molecule has 0 bridgehead atoms. The second kappa shape index (κ2) is 3.59. The van der Waals surface area contributed by atoms with E-state index in [0.717, 1.165) is 31.4 Å². The average Bonchev–Trinajstić information content (AvgIpc) is 2.98. The number of rotatable bonds is 1. The molecule has 0 N–H and O–H groups in total. The van der Waals surface area contributed by atoms with Crippen LogP contribution in [0.3, 0.4) is 0 Å². The van der Waals surface area contributed by atoms with Gasteiger partial charge in [0.15, 0.2) is 0 Å². The lowest BCUT2D eigenvalue weighted by atomic mass is 10.2. The van der Waals surface area contributed by atoms with Gasteiger partial charge >= 0.3 is 0 Å². The quantitative estimate of drug-likeness (QED) is 0.713. The number of amides is 1. The molecular weight excluding hydrogens is 204 g/mol. The molecule has 0 unspecified atom stereocenters. The number of hydrogen-bond acceptors (Lipinski definition) is 3. The Morgan fingerprint density at radius 3 is 2.88 bits per heavy atom.